The molecule has 2 N–H and O–H groups in total. The lowest BCUT2D eigenvalue weighted by Gasteiger charge is -1.96. The SMILES string of the molecule is Cc1ncc(-c2ccc(N)cc2)s1. The van der Waals surface area contributed by atoms with Crippen LogP contribution in [0.4, 0.5) is 5.69 Å². The van der Waals surface area contributed by atoms with Gasteiger partial charge in [-0.2, -0.15) is 0 Å². The van der Waals surface area contributed by atoms with Gasteiger partial charge in [0.15, 0.2) is 0 Å². The normalized spacial score (nSPS) is 10.2. The number of anilines is 1. The molecule has 0 aliphatic carbocycles. The number of aryl methyl sites for hydroxylation is 1. The minimum Gasteiger partial charge on any atom is -0.399 e. The van der Waals surface area contributed by atoms with Crippen LogP contribution in [0.25, 0.3) is 10.4 Å². The van der Waals surface area contributed by atoms with Crippen molar-refractivity contribution in [2.24, 2.45) is 0 Å². The van der Waals surface area contributed by atoms with Gasteiger partial charge in [0.25, 0.3) is 0 Å². The summed E-state index contributed by atoms with van der Waals surface area (Å²) < 4.78 is 0. The highest BCUT2D eigenvalue weighted by Gasteiger charge is 2.00. The molecule has 0 aliphatic rings. The van der Waals surface area contributed by atoms with E-state index < -0.39 is 0 Å². The Kier molecular flexibility index (Phi) is 2.02. The number of hydrogen-bond acceptors (Lipinski definition) is 3. The minimum atomic E-state index is 0.796. The van der Waals surface area contributed by atoms with Gasteiger partial charge in [0, 0.05) is 11.9 Å². The van der Waals surface area contributed by atoms with Gasteiger partial charge in [-0.15, -0.1) is 11.3 Å². The highest BCUT2D eigenvalue weighted by atomic mass is 32.1. The molecule has 0 atom stereocenters. The zero-order chi connectivity index (χ0) is 9.26. The Morgan fingerprint density at radius 1 is 1.23 bits per heavy atom. The molecule has 13 heavy (non-hydrogen) atoms. The summed E-state index contributed by atoms with van der Waals surface area (Å²) in [5.41, 5.74) is 7.57. The molecule has 0 saturated carbocycles. The fourth-order valence-corrected chi connectivity index (χ4v) is 1.93. The number of nitrogen functional groups attached to an aromatic ring is 1. The first-order valence-electron chi connectivity index (χ1n) is 4.04. The summed E-state index contributed by atoms with van der Waals surface area (Å²) in [4.78, 5) is 5.39. The van der Waals surface area contributed by atoms with Crippen molar-refractivity contribution in [1.82, 2.24) is 4.98 Å². The molecule has 2 nitrogen and oxygen atoms in total. The van der Waals surface area contributed by atoms with E-state index in [9.17, 15) is 0 Å². The summed E-state index contributed by atoms with van der Waals surface area (Å²) in [6, 6.07) is 7.85. The Morgan fingerprint density at radius 2 is 1.92 bits per heavy atom. The summed E-state index contributed by atoms with van der Waals surface area (Å²) in [5, 5.41) is 1.09. The molecule has 0 fully saturated rings. The number of nitrogens with zero attached hydrogens (tertiary/aromatic N) is 1. The largest absolute Gasteiger partial charge is 0.399 e. The quantitative estimate of drug-likeness (QED) is 0.702. The molecule has 66 valence electrons. The van der Waals surface area contributed by atoms with Crippen molar-refractivity contribution in [1.29, 1.82) is 0 Å². The number of rotatable bonds is 1. The topological polar surface area (TPSA) is 38.9 Å². The van der Waals surface area contributed by atoms with Gasteiger partial charge in [0.05, 0.1) is 9.88 Å². The first-order valence-corrected chi connectivity index (χ1v) is 4.86. The zero-order valence-electron chi connectivity index (χ0n) is 7.32. The molecule has 2 aromatic rings. The van der Waals surface area contributed by atoms with Crippen LogP contribution < -0.4 is 5.73 Å². The number of hydrogen-bond donors (Lipinski definition) is 1. The van der Waals surface area contributed by atoms with Gasteiger partial charge in [0.2, 0.25) is 0 Å². The minimum absolute atomic E-state index is 0.796. The molecule has 0 spiro atoms. The van der Waals surface area contributed by atoms with Crippen LogP contribution in [0.5, 0.6) is 0 Å². The van der Waals surface area contributed by atoms with E-state index in [0.717, 1.165) is 10.7 Å². The molecule has 3 heteroatoms. The van der Waals surface area contributed by atoms with Crippen LogP contribution in [0.15, 0.2) is 30.5 Å². The summed E-state index contributed by atoms with van der Waals surface area (Å²) >= 11 is 1.69. The van der Waals surface area contributed by atoms with E-state index in [-0.39, 0.29) is 0 Å². The number of nitrogens with two attached hydrogens (primary N) is 1. The van der Waals surface area contributed by atoms with Crippen molar-refractivity contribution in [3.63, 3.8) is 0 Å². The Bertz CT molecular complexity index is 403. The monoisotopic (exact) mass is 190 g/mol. The highest BCUT2D eigenvalue weighted by molar-refractivity contribution is 7.15. The van der Waals surface area contributed by atoms with Crippen molar-refractivity contribution < 1.29 is 0 Å². The fourth-order valence-electron chi connectivity index (χ4n) is 1.14. The van der Waals surface area contributed by atoms with E-state index >= 15 is 0 Å². The van der Waals surface area contributed by atoms with Gasteiger partial charge in [-0.05, 0) is 24.6 Å². The third-order valence-corrected chi connectivity index (χ3v) is 2.78. The van der Waals surface area contributed by atoms with Crippen LogP contribution in [-0.4, -0.2) is 4.98 Å². The van der Waals surface area contributed by atoms with Gasteiger partial charge in [-0.25, -0.2) is 4.98 Å². The first kappa shape index (κ1) is 8.26. The van der Waals surface area contributed by atoms with Crippen LogP contribution in [0.1, 0.15) is 5.01 Å². The molecular formula is C10H10N2S. The van der Waals surface area contributed by atoms with Crippen molar-refractivity contribution in [2.45, 2.75) is 6.92 Å². The van der Waals surface area contributed by atoms with E-state index in [1.165, 1.54) is 10.4 Å². The van der Waals surface area contributed by atoms with Crippen molar-refractivity contribution in [3.05, 3.63) is 35.5 Å². The maximum Gasteiger partial charge on any atom is 0.0900 e. The van der Waals surface area contributed by atoms with Gasteiger partial charge >= 0.3 is 0 Å². The number of thiazole rings is 1. The Hall–Kier alpha value is -1.35. The van der Waals surface area contributed by atoms with E-state index in [0.29, 0.717) is 0 Å². The predicted molar refractivity (Wildman–Crippen MR) is 56.7 cm³/mol. The van der Waals surface area contributed by atoms with Gasteiger partial charge in [-0.3, -0.25) is 0 Å². The van der Waals surface area contributed by atoms with E-state index in [2.05, 4.69) is 4.98 Å². The maximum absolute atomic E-state index is 5.60. The lowest BCUT2D eigenvalue weighted by Crippen LogP contribution is -1.82. The summed E-state index contributed by atoms with van der Waals surface area (Å²) in [6.45, 7) is 2.01. The predicted octanol–water partition coefficient (Wildman–Crippen LogP) is 2.70. The Morgan fingerprint density at radius 3 is 2.46 bits per heavy atom. The van der Waals surface area contributed by atoms with Crippen molar-refractivity contribution in [3.8, 4) is 10.4 Å². The zero-order valence-corrected chi connectivity index (χ0v) is 8.14. The van der Waals surface area contributed by atoms with Gasteiger partial charge < -0.3 is 5.73 Å². The molecule has 0 bridgehead atoms. The third-order valence-electron chi connectivity index (χ3n) is 1.82. The first-order chi connectivity index (χ1) is 6.25. The molecule has 0 unspecified atom stereocenters. The molecule has 0 radical (unpaired) electrons. The van der Waals surface area contributed by atoms with Gasteiger partial charge in [-0.1, -0.05) is 12.1 Å². The van der Waals surface area contributed by atoms with Crippen LogP contribution in [0, 0.1) is 6.92 Å². The molecule has 1 aromatic carbocycles. The molecule has 2 rings (SSSR count). The second-order valence-corrected chi connectivity index (χ2v) is 4.10. The molecule has 0 aliphatic heterocycles. The average molecular weight is 190 g/mol. The molecular weight excluding hydrogens is 180 g/mol. The van der Waals surface area contributed by atoms with Crippen molar-refractivity contribution in [2.75, 3.05) is 5.73 Å². The average Bonchev–Trinajstić information content (AvgIpc) is 2.53. The third kappa shape index (κ3) is 1.70. The second kappa shape index (κ2) is 3.18. The Balaban J connectivity index is 2.41. The van der Waals surface area contributed by atoms with E-state index in [1.807, 2.05) is 37.4 Å². The maximum atomic E-state index is 5.60. The molecule has 0 saturated heterocycles. The lowest BCUT2D eigenvalue weighted by molar-refractivity contribution is 1.30. The Labute approximate surface area is 81.1 Å². The highest BCUT2D eigenvalue weighted by Crippen LogP contribution is 2.25. The molecule has 0 amide bonds. The van der Waals surface area contributed by atoms with Gasteiger partial charge in [0.1, 0.15) is 0 Å². The standard InChI is InChI=1S/C10H10N2S/c1-7-12-6-10(13-7)8-2-4-9(11)5-3-8/h2-6H,11H2,1H3. The van der Waals surface area contributed by atoms with Crippen molar-refractivity contribution >= 4 is 17.0 Å². The van der Waals surface area contributed by atoms with E-state index in [1.54, 1.807) is 11.3 Å². The van der Waals surface area contributed by atoms with Crippen LogP contribution in [-0.2, 0) is 0 Å². The molecule has 1 heterocycles. The lowest BCUT2D eigenvalue weighted by atomic mass is 10.2. The van der Waals surface area contributed by atoms with Crippen LogP contribution in [0.3, 0.4) is 0 Å². The summed E-state index contributed by atoms with van der Waals surface area (Å²) in [6.07, 6.45) is 1.89. The summed E-state index contributed by atoms with van der Waals surface area (Å²) in [5.74, 6) is 0. The van der Waals surface area contributed by atoms with E-state index in [4.69, 9.17) is 5.73 Å². The van der Waals surface area contributed by atoms with Crippen LogP contribution >= 0.6 is 11.3 Å². The molecule has 1 aromatic heterocycles. The number of benzene rings is 1. The smallest absolute Gasteiger partial charge is 0.0900 e. The summed E-state index contributed by atoms with van der Waals surface area (Å²) in [7, 11) is 0. The second-order valence-electron chi connectivity index (χ2n) is 2.87. The van der Waals surface area contributed by atoms with Crippen LogP contribution in [0.2, 0.25) is 0 Å². The fraction of sp³-hybridized carbons (Fsp3) is 0.100. The number of aromatic nitrogens is 1.